The number of amides is 1. The molecular weight excluding hydrogens is 354 g/mol. The maximum absolute atomic E-state index is 12.1. The molecule has 1 aromatic carbocycles. The molecule has 28 heavy (non-hydrogen) atoms. The molecule has 0 unspecified atom stereocenters. The van der Waals surface area contributed by atoms with Crippen molar-refractivity contribution in [2.24, 2.45) is 4.99 Å². The third-order valence-corrected chi connectivity index (χ3v) is 4.36. The van der Waals surface area contributed by atoms with Gasteiger partial charge in [-0.2, -0.15) is 0 Å². The van der Waals surface area contributed by atoms with Gasteiger partial charge < -0.3 is 20.3 Å². The molecule has 1 aliphatic rings. The fourth-order valence-corrected chi connectivity index (χ4v) is 3.02. The second-order valence-electron chi connectivity index (χ2n) is 7.90. The summed E-state index contributed by atoms with van der Waals surface area (Å²) in [6.45, 7) is 10.1. The van der Waals surface area contributed by atoms with Crippen molar-refractivity contribution in [1.82, 2.24) is 20.5 Å². The molecule has 7 nitrogen and oxygen atoms in total. The van der Waals surface area contributed by atoms with Gasteiger partial charge >= 0.3 is 6.09 Å². The van der Waals surface area contributed by atoms with Gasteiger partial charge in [0.2, 0.25) is 0 Å². The number of aromatic nitrogens is 1. The van der Waals surface area contributed by atoms with Gasteiger partial charge in [0.1, 0.15) is 5.60 Å². The van der Waals surface area contributed by atoms with E-state index in [4.69, 9.17) is 4.74 Å². The van der Waals surface area contributed by atoms with E-state index in [-0.39, 0.29) is 12.1 Å². The quantitative estimate of drug-likeness (QED) is 0.627. The molecule has 0 aliphatic carbocycles. The number of aliphatic imine (C=N–C) groups is 1. The number of guanidine groups is 1. The molecule has 1 fully saturated rings. The molecule has 2 aromatic rings. The molecule has 2 heterocycles. The minimum absolute atomic E-state index is 0.158. The van der Waals surface area contributed by atoms with Crippen molar-refractivity contribution in [3.8, 4) is 0 Å². The largest absolute Gasteiger partial charge is 0.444 e. The van der Waals surface area contributed by atoms with Crippen LogP contribution in [0.2, 0.25) is 0 Å². The van der Waals surface area contributed by atoms with Gasteiger partial charge in [0.05, 0.1) is 18.3 Å². The first-order chi connectivity index (χ1) is 13.4. The van der Waals surface area contributed by atoms with Crippen LogP contribution in [-0.2, 0) is 11.3 Å². The maximum Gasteiger partial charge on any atom is 0.410 e. The second kappa shape index (κ2) is 8.46. The van der Waals surface area contributed by atoms with Crippen LogP contribution in [-0.4, -0.2) is 53.2 Å². The average molecular weight is 383 g/mol. The number of carbonyl (C=O) groups excluding carboxylic acids is 1. The molecule has 0 atom stereocenters. The van der Waals surface area contributed by atoms with Crippen LogP contribution in [0.4, 0.5) is 4.79 Å². The molecule has 1 aliphatic heterocycles. The van der Waals surface area contributed by atoms with Gasteiger partial charge in [0.15, 0.2) is 5.96 Å². The zero-order valence-corrected chi connectivity index (χ0v) is 17.0. The lowest BCUT2D eigenvalue weighted by Crippen LogP contribution is -2.63. The highest BCUT2D eigenvalue weighted by Gasteiger charge is 2.34. The summed E-state index contributed by atoms with van der Waals surface area (Å²) in [7, 11) is 0. The molecule has 1 saturated heterocycles. The van der Waals surface area contributed by atoms with Crippen molar-refractivity contribution in [3.05, 3.63) is 42.2 Å². The number of fused-ring (bicyclic) bond motifs is 1. The van der Waals surface area contributed by atoms with E-state index in [1.807, 2.05) is 52.1 Å². The molecule has 1 amide bonds. The molecule has 150 valence electrons. The van der Waals surface area contributed by atoms with Crippen LogP contribution in [0, 0.1) is 0 Å². The normalized spacial score (nSPS) is 15.3. The van der Waals surface area contributed by atoms with Crippen LogP contribution in [0.1, 0.15) is 33.4 Å². The lowest BCUT2D eigenvalue weighted by Gasteiger charge is -2.40. The Balaban J connectivity index is 1.59. The number of hydrogen-bond donors (Lipinski definition) is 2. The zero-order valence-electron chi connectivity index (χ0n) is 17.0. The summed E-state index contributed by atoms with van der Waals surface area (Å²) in [5.74, 6) is 0.728. The van der Waals surface area contributed by atoms with Crippen LogP contribution in [0.5, 0.6) is 0 Å². The highest BCUT2D eigenvalue weighted by molar-refractivity contribution is 5.85. The second-order valence-corrected chi connectivity index (χ2v) is 7.90. The number of ether oxygens (including phenoxy) is 1. The van der Waals surface area contributed by atoms with E-state index in [0.29, 0.717) is 19.6 Å². The van der Waals surface area contributed by atoms with Gasteiger partial charge in [-0.1, -0.05) is 24.3 Å². The molecule has 2 N–H and O–H groups in total. The fourth-order valence-electron chi connectivity index (χ4n) is 3.02. The van der Waals surface area contributed by atoms with Gasteiger partial charge in [-0.25, -0.2) is 9.79 Å². The Labute approximate surface area is 166 Å². The lowest BCUT2D eigenvalue weighted by atomic mass is 10.1. The standard InChI is InChI=1S/C21H29N5O2/c1-5-22-19(25-16-13-26(14-16)20(27)28-21(2,3)4)24-12-18-17-9-7-6-8-15(17)10-11-23-18/h6-11,16H,5,12-14H2,1-4H3,(H2,22,24,25). The maximum atomic E-state index is 12.1. The van der Waals surface area contributed by atoms with Crippen molar-refractivity contribution >= 4 is 22.8 Å². The van der Waals surface area contributed by atoms with E-state index >= 15 is 0 Å². The number of pyridine rings is 1. The summed E-state index contributed by atoms with van der Waals surface area (Å²) in [5, 5.41) is 8.92. The molecular formula is C21H29N5O2. The van der Waals surface area contributed by atoms with Crippen LogP contribution < -0.4 is 10.6 Å². The zero-order chi connectivity index (χ0) is 20.1. The van der Waals surface area contributed by atoms with E-state index in [1.54, 1.807) is 4.90 Å². The van der Waals surface area contributed by atoms with Gasteiger partial charge in [0.25, 0.3) is 0 Å². The first kappa shape index (κ1) is 19.9. The Kier molecular flexibility index (Phi) is 6.02. The predicted octanol–water partition coefficient (Wildman–Crippen LogP) is 2.91. The summed E-state index contributed by atoms with van der Waals surface area (Å²) in [5.41, 5.74) is 0.469. The average Bonchev–Trinajstić information content (AvgIpc) is 2.60. The van der Waals surface area contributed by atoms with Crippen LogP contribution in [0.25, 0.3) is 10.8 Å². The molecule has 0 bridgehead atoms. The summed E-state index contributed by atoms with van der Waals surface area (Å²) < 4.78 is 5.39. The van der Waals surface area contributed by atoms with E-state index in [2.05, 4.69) is 32.7 Å². The highest BCUT2D eigenvalue weighted by Crippen LogP contribution is 2.17. The Morgan fingerprint density at radius 3 is 2.75 bits per heavy atom. The molecule has 0 saturated carbocycles. The molecule has 3 rings (SSSR count). The third-order valence-electron chi connectivity index (χ3n) is 4.36. The Bertz CT molecular complexity index is 848. The SMILES string of the molecule is CCNC(=NCc1nccc2ccccc12)NC1CN(C(=O)OC(C)(C)C)C1. The Hall–Kier alpha value is -2.83. The van der Waals surface area contributed by atoms with E-state index < -0.39 is 5.60 Å². The summed E-state index contributed by atoms with van der Waals surface area (Å²) in [6.07, 6.45) is 1.55. The summed E-state index contributed by atoms with van der Waals surface area (Å²) >= 11 is 0. The van der Waals surface area contributed by atoms with Gasteiger partial charge in [-0.15, -0.1) is 0 Å². The van der Waals surface area contributed by atoms with Crippen molar-refractivity contribution in [1.29, 1.82) is 0 Å². The van der Waals surface area contributed by atoms with E-state index in [0.717, 1.165) is 29.0 Å². The van der Waals surface area contributed by atoms with Crippen LogP contribution in [0.15, 0.2) is 41.5 Å². The minimum Gasteiger partial charge on any atom is -0.444 e. The number of carbonyl (C=O) groups is 1. The van der Waals surface area contributed by atoms with Gasteiger partial charge in [-0.3, -0.25) is 4.98 Å². The minimum atomic E-state index is -0.475. The van der Waals surface area contributed by atoms with Crippen molar-refractivity contribution in [2.45, 2.75) is 45.9 Å². The Morgan fingerprint density at radius 1 is 1.29 bits per heavy atom. The fraction of sp³-hybridized carbons (Fsp3) is 0.476. The molecule has 7 heteroatoms. The number of benzene rings is 1. The van der Waals surface area contributed by atoms with E-state index in [1.165, 1.54) is 0 Å². The predicted molar refractivity (Wildman–Crippen MR) is 111 cm³/mol. The summed E-state index contributed by atoms with van der Waals surface area (Å²) in [4.78, 5) is 22.9. The number of likely N-dealkylation sites (tertiary alicyclic amines) is 1. The number of nitrogens with zero attached hydrogens (tertiary/aromatic N) is 3. The first-order valence-corrected chi connectivity index (χ1v) is 9.71. The third kappa shape index (κ3) is 5.12. The smallest absolute Gasteiger partial charge is 0.410 e. The monoisotopic (exact) mass is 383 g/mol. The van der Waals surface area contributed by atoms with Gasteiger partial charge in [-0.05, 0) is 39.1 Å². The topological polar surface area (TPSA) is 78.9 Å². The van der Waals surface area contributed by atoms with Crippen LogP contribution in [0.3, 0.4) is 0 Å². The van der Waals surface area contributed by atoms with Crippen molar-refractivity contribution in [3.63, 3.8) is 0 Å². The number of hydrogen-bond acceptors (Lipinski definition) is 4. The summed E-state index contributed by atoms with van der Waals surface area (Å²) in [6, 6.07) is 10.3. The Morgan fingerprint density at radius 2 is 2.04 bits per heavy atom. The molecule has 0 spiro atoms. The van der Waals surface area contributed by atoms with Crippen LogP contribution >= 0.6 is 0 Å². The molecule has 1 aromatic heterocycles. The highest BCUT2D eigenvalue weighted by atomic mass is 16.6. The molecule has 0 radical (unpaired) electrons. The van der Waals surface area contributed by atoms with Crippen molar-refractivity contribution < 1.29 is 9.53 Å². The van der Waals surface area contributed by atoms with E-state index in [9.17, 15) is 4.79 Å². The first-order valence-electron chi connectivity index (χ1n) is 9.71. The number of nitrogens with one attached hydrogen (secondary N) is 2. The lowest BCUT2D eigenvalue weighted by molar-refractivity contribution is 0.00701. The van der Waals surface area contributed by atoms with Crippen molar-refractivity contribution in [2.75, 3.05) is 19.6 Å². The number of rotatable bonds is 4. The van der Waals surface area contributed by atoms with Gasteiger partial charge in [0, 0.05) is 31.2 Å².